The fraction of sp³-hybridized carbons (Fsp3) is 0.143. The summed E-state index contributed by atoms with van der Waals surface area (Å²) in [6.07, 6.45) is 5.68. The van der Waals surface area contributed by atoms with Crippen LogP contribution in [0.5, 0.6) is 5.88 Å². The molecule has 0 saturated heterocycles. The minimum absolute atomic E-state index is 0.169. The molecular formula is C21H19N5OS2. The number of aryl methyl sites for hydroxylation is 1. The molecule has 0 atom stereocenters. The predicted octanol–water partition coefficient (Wildman–Crippen LogP) is 4.62. The van der Waals surface area contributed by atoms with Crippen LogP contribution in [0.2, 0.25) is 0 Å². The summed E-state index contributed by atoms with van der Waals surface area (Å²) in [6, 6.07) is 18.0. The summed E-state index contributed by atoms with van der Waals surface area (Å²) in [5, 5.41) is 14.7. The molecule has 0 radical (unpaired) electrons. The van der Waals surface area contributed by atoms with E-state index in [-0.39, 0.29) is 5.88 Å². The average molecular weight is 422 g/mol. The van der Waals surface area contributed by atoms with Crippen molar-refractivity contribution in [3.8, 4) is 5.88 Å². The number of benzene rings is 2. The molecule has 6 nitrogen and oxygen atoms in total. The molecule has 0 amide bonds. The second kappa shape index (κ2) is 8.93. The van der Waals surface area contributed by atoms with Gasteiger partial charge in [0.15, 0.2) is 3.95 Å². The topological polar surface area (TPSA) is 68.2 Å². The van der Waals surface area contributed by atoms with Crippen LogP contribution in [0.15, 0.2) is 72.2 Å². The Morgan fingerprint density at radius 3 is 2.59 bits per heavy atom. The van der Waals surface area contributed by atoms with Crippen molar-refractivity contribution in [2.24, 2.45) is 4.99 Å². The Bertz CT molecular complexity index is 1150. The van der Waals surface area contributed by atoms with Crippen LogP contribution in [0, 0.1) is 3.95 Å². The first-order chi connectivity index (χ1) is 14.2. The van der Waals surface area contributed by atoms with Gasteiger partial charge < -0.3 is 5.11 Å². The van der Waals surface area contributed by atoms with Gasteiger partial charge in [0.2, 0.25) is 5.88 Å². The van der Waals surface area contributed by atoms with E-state index in [4.69, 9.17) is 12.2 Å². The van der Waals surface area contributed by atoms with Gasteiger partial charge in [0.25, 0.3) is 0 Å². The van der Waals surface area contributed by atoms with Crippen LogP contribution in [0.25, 0.3) is 0 Å². The highest BCUT2D eigenvalue weighted by atomic mass is 32.1. The predicted molar refractivity (Wildman–Crippen MR) is 118 cm³/mol. The molecule has 4 rings (SSSR count). The number of nitrogens with zero attached hydrogens (tertiary/aromatic N) is 5. The number of aliphatic imine (C=N–C) groups is 1. The Labute approximate surface area is 177 Å². The fourth-order valence-corrected chi connectivity index (χ4v) is 4.13. The van der Waals surface area contributed by atoms with Crippen LogP contribution >= 0.6 is 23.6 Å². The molecular weight excluding hydrogens is 402 g/mol. The number of hydrogen-bond acceptors (Lipinski definition) is 6. The Balaban J connectivity index is 1.43. The van der Waals surface area contributed by atoms with Crippen molar-refractivity contribution in [3.63, 3.8) is 0 Å². The molecule has 29 heavy (non-hydrogen) atoms. The van der Waals surface area contributed by atoms with E-state index in [1.54, 1.807) is 21.8 Å². The molecule has 1 N–H and O–H groups in total. The van der Waals surface area contributed by atoms with E-state index in [1.165, 1.54) is 23.2 Å². The third-order valence-electron chi connectivity index (χ3n) is 4.44. The molecule has 0 bridgehead atoms. The lowest BCUT2D eigenvalue weighted by Gasteiger charge is -2.05. The van der Waals surface area contributed by atoms with E-state index >= 15 is 0 Å². The van der Waals surface area contributed by atoms with E-state index in [0.717, 1.165) is 17.7 Å². The molecule has 2 aromatic carbocycles. The lowest BCUT2D eigenvalue weighted by molar-refractivity contribution is 0.415. The minimum atomic E-state index is 0.169. The molecule has 0 aliphatic heterocycles. The molecule has 0 saturated carbocycles. The molecule has 2 heterocycles. The van der Waals surface area contributed by atoms with Crippen molar-refractivity contribution in [1.82, 2.24) is 19.3 Å². The molecule has 0 fully saturated rings. The highest BCUT2D eigenvalue weighted by molar-refractivity contribution is 7.73. The summed E-state index contributed by atoms with van der Waals surface area (Å²) < 4.78 is 4.17. The van der Waals surface area contributed by atoms with Gasteiger partial charge in [-0.05, 0) is 41.9 Å². The molecule has 2 aromatic heterocycles. The van der Waals surface area contributed by atoms with Crippen LogP contribution in [0.1, 0.15) is 16.0 Å². The first kappa shape index (κ1) is 19.2. The van der Waals surface area contributed by atoms with Gasteiger partial charge in [-0.2, -0.15) is 5.10 Å². The van der Waals surface area contributed by atoms with Crippen molar-refractivity contribution in [3.05, 3.63) is 87.2 Å². The first-order valence-corrected chi connectivity index (χ1v) is 10.3. The minimum Gasteiger partial charge on any atom is -0.493 e. The van der Waals surface area contributed by atoms with Gasteiger partial charge in [-0.3, -0.25) is 9.56 Å². The molecule has 8 heteroatoms. The molecule has 0 unspecified atom stereocenters. The summed E-state index contributed by atoms with van der Waals surface area (Å²) in [5.41, 5.74) is 3.13. The monoisotopic (exact) mass is 421 g/mol. The highest BCUT2D eigenvalue weighted by Gasteiger charge is 2.10. The summed E-state index contributed by atoms with van der Waals surface area (Å²) in [7, 11) is 0. The van der Waals surface area contributed by atoms with E-state index in [9.17, 15) is 5.11 Å². The van der Waals surface area contributed by atoms with Crippen LogP contribution < -0.4 is 0 Å². The maximum absolute atomic E-state index is 10.6. The normalized spacial score (nSPS) is 11.3. The lowest BCUT2D eigenvalue weighted by atomic mass is 10.1. The third-order valence-corrected chi connectivity index (χ3v) is 5.81. The number of hydrogen-bond donors (Lipinski definition) is 1. The summed E-state index contributed by atoms with van der Waals surface area (Å²) >= 11 is 6.79. The highest BCUT2D eigenvalue weighted by Crippen LogP contribution is 2.25. The zero-order valence-corrected chi connectivity index (χ0v) is 17.2. The maximum atomic E-state index is 10.6. The fourth-order valence-electron chi connectivity index (χ4n) is 2.90. The standard InChI is InChI=1S/C21H19N5OS2/c27-20-19(29-21(28)26(20)11-10-16-4-2-1-3-5-16)12-23-18-8-6-17(7-9-18)13-25-15-22-14-24-25/h1-9,12,14-15,27H,10-11,13H2. The van der Waals surface area contributed by atoms with Gasteiger partial charge in [0.05, 0.1) is 18.4 Å². The van der Waals surface area contributed by atoms with Crippen LogP contribution in [-0.4, -0.2) is 30.7 Å². The largest absolute Gasteiger partial charge is 0.493 e. The van der Waals surface area contributed by atoms with Gasteiger partial charge in [-0.15, -0.1) is 0 Å². The quantitative estimate of drug-likeness (QED) is 0.349. The van der Waals surface area contributed by atoms with Gasteiger partial charge >= 0.3 is 0 Å². The van der Waals surface area contributed by atoms with Crippen LogP contribution in [0.3, 0.4) is 0 Å². The van der Waals surface area contributed by atoms with Gasteiger partial charge in [-0.1, -0.05) is 53.8 Å². The van der Waals surface area contributed by atoms with Crippen LogP contribution in [0.4, 0.5) is 5.69 Å². The summed E-state index contributed by atoms with van der Waals surface area (Å²) in [4.78, 5) is 9.08. The van der Waals surface area contributed by atoms with E-state index < -0.39 is 0 Å². The number of aromatic hydroxyl groups is 1. The molecule has 146 valence electrons. The van der Waals surface area contributed by atoms with Gasteiger partial charge in [0.1, 0.15) is 17.5 Å². The van der Waals surface area contributed by atoms with E-state index in [1.807, 2.05) is 42.5 Å². The van der Waals surface area contributed by atoms with Crippen molar-refractivity contribution < 1.29 is 5.11 Å². The van der Waals surface area contributed by atoms with Gasteiger partial charge in [0, 0.05) is 6.54 Å². The van der Waals surface area contributed by atoms with Crippen molar-refractivity contribution in [2.75, 3.05) is 0 Å². The smallest absolute Gasteiger partial charge is 0.212 e. The SMILES string of the molecule is Oc1c(C=Nc2ccc(Cn3cncn3)cc2)sc(=S)n1CCc1ccccc1. The van der Waals surface area contributed by atoms with E-state index in [0.29, 0.717) is 21.9 Å². The Morgan fingerprint density at radius 1 is 1.07 bits per heavy atom. The number of aromatic nitrogens is 4. The van der Waals surface area contributed by atoms with Crippen molar-refractivity contribution in [1.29, 1.82) is 0 Å². The molecule has 0 spiro atoms. The Morgan fingerprint density at radius 2 is 1.86 bits per heavy atom. The zero-order chi connectivity index (χ0) is 20.1. The Hall–Kier alpha value is -3.10. The summed E-state index contributed by atoms with van der Waals surface area (Å²) in [6.45, 7) is 1.30. The van der Waals surface area contributed by atoms with Crippen molar-refractivity contribution in [2.45, 2.75) is 19.5 Å². The average Bonchev–Trinajstić information content (AvgIpc) is 3.35. The number of rotatable bonds is 7. The van der Waals surface area contributed by atoms with Gasteiger partial charge in [-0.25, -0.2) is 9.67 Å². The zero-order valence-electron chi connectivity index (χ0n) is 15.5. The molecule has 4 aromatic rings. The second-order valence-corrected chi connectivity index (χ2v) is 8.14. The first-order valence-electron chi connectivity index (χ1n) is 9.11. The molecule has 0 aliphatic carbocycles. The maximum Gasteiger partial charge on any atom is 0.212 e. The molecule has 0 aliphatic rings. The van der Waals surface area contributed by atoms with Crippen molar-refractivity contribution >= 4 is 35.5 Å². The number of thiazole rings is 1. The Kier molecular flexibility index (Phi) is 5.92. The lowest BCUT2D eigenvalue weighted by Crippen LogP contribution is -2.00. The van der Waals surface area contributed by atoms with Crippen LogP contribution in [-0.2, 0) is 19.5 Å². The second-order valence-electron chi connectivity index (χ2n) is 6.46. The van der Waals surface area contributed by atoms with E-state index in [2.05, 4.69) is 27.2 Å². The summed E-state index contributed by atoms with van der Waals surface area (Å²) in [5.74, 6) is 0.169. The third kappa shape index (κ3) is 4.85.